The third-order valence-electron chi connectivity index (χ3n) is 4.64. The zero-order valence-electron chi connectivity index (χ0n) is 13.3. The summed E-state index contributed by atoms with van der Waals surface area (Å²) in [6.45, 7) is 2.53. The Bertz CT molecular complexity index is 745. The van der Waals surface area contributed by atoms with Gasteiger partial charge in [0.05, 0.1) is 6.04 Å². The van der Waals surface area contributed by atoms with E-state index in [1.807, 2.05) is 36.4 Å². The zero-order chi connectivity index (χ0) is 16.4. The van der Waals surface area contributed by atoms with Crippen LogP contribution in [-0.2, 0) is 6.61 Å². The van der Waals surface area contributed by atoms with Crippen LogP contribution in [0.4, 0.5) is 0 Å². The minimum Gasteiger partial charge on any atom is -0.489 e. The van der Waals surface area contributed by atoms with E-state index in [1.165, 1.54) is 11.3 Å². The molecule has 1 saturated heterocycles. The molecule has 124 valence electrons. The van der Waals surface area contributed by atoms with Crippen molar-refractivity contribution in [1.82, 2.24) is 10.7 Å². The summed E-state index contributed by atoms with van der Waals surface area (Å²) < 4.78 is 5.94. The Balaban J connectivity index is 1.45. The molecule has 2 aliphatic heterocycles. The third kappa shape index (κ3) is 3.25. The maximum Gasteiger partial charge on any atom is 0.120 e. The van der Waals surface area contributed by atoms with Crippen molar-refractivity contribution in [2.45, 2.75) is 19.1 Å². The van der Waals surface area contributed by atoms with Crippen LogP contribution in [0.3, 0.4) is 0 Å². The van der Waals surface area contributed by atoms with Gasteiger partial charge in [-0.3, -0.25) is 0 Å². The van der Waals surface area contributed by atoms with Crippen molar-refractivity contribution in [3.05, 3.63) is 64.7 Å². The van der Waals surface area contributed by atoms with Crippen molar-refractivity contribution in [1.29, 1.82) is 0 Å². The summed E-state index contributed by atoms with van der Waals surface area (Å²) in [5.74, 6) is 1.31. The molecule has 1 fully saturated rings. The number of benzene rings is 2. The Morgan fingerprint density at radius 3 is 2.92 bits per heavy atom. The van der Waals surface area contributed by atoms with Gasteiger partial charge in [0.2, 0.25) is 0 Å². The topological polar surface area (TPSA) is 45.6 Å². The lowest BCUT2D eigenvalue weighted by atomic mass is 9.87. The van der Waals surface area contributed by atoms with Gasteiger partial charge in [-0.15, -0.1) is 0 Å². The van der Waals surface area contributed by atoms with E-state index in [2.05, 4.69) is 28.0 Å². The first-order valence-corrected chi connectivity index (χ1v) is 8.67. The van der Waals surface area contributed by atoms with Crippen molar-refractivity contribution in [2.24, 2.45) is 11.0 Å². The molecule has 0 amide bonds. The standard InChI is InChI=1S/C19H20ClN3O/c20-15-6-4-13(5-7-15)12-24-16-3-1-2-14(10-16)19-17-11-21-9-8-18(17)22-23-19/h1-7,10,17,19,21,23H,8-9,11-12H2. The average Bonchev–Trinajstić information content (AvgIpc) is 3.06. The second kappa shape index (κ2) is 6.83. The van der Waals surface area contributed by atoms with E-state index in [1.54, 1.807) is 0 Å². The molecule has 2 unspecified atom stereocenters. The van der Waals surface area contributed by atoms with Crippen LogP contribution in [0.25, 0.3) is 0 Å². The SMILES string of the molecule is Clc1ccc(COc2cccc(C3NN=C4CCNCC43)c2)cc1. The second-order valence-corrected chi connectivity index (χ2v) is 6.69. The maximum atomic E-state index is 5.94. The Morgan fingerprint density at radius 1 is 1.17 bits per heavy atom. The van der Waals surface area contributed by atoms with Gasteiger partial charge in [-0.05, 0) is 35.4 Å². The summed E-state index contributed by atoms with van der Waals surface area (Å²) in [7, 11) is 0. The lowest BCUT2D eigenvalue weighted by molar-refractivity contribution is 0.305. The van der Waals surface area contributed by atoms with Crippen molar-refractivity contribution in [2.75, 3.05) is 13.1 Å². The largest absolute Gasteiger partial charge is 0.489 e. The first kappa shape index (κ1) is 15.5. The van der Waals surface area contributed by atoms with Crippen LogP contribution in [0.5, 0.6) is 5.75 Å². The lowest BCUT2D eigenvalue weighted by Crippen LogP contribution is -2.38. The molecule has 0 aromatic heterocycles. The molecule has 4 rings (SSSR count). The number of hydrogen-bond acceptors (Lipinski definition) is 4. The molecule has 4 nitrogen and oxygen atoms in total. The van der Waals surface area contributed by atoms with E-state index in [9.17, 15) is 0 Å². The Kier molecular flexibility index (Phi) is 4.41. The van der Waals surface area contributed by atoms with E-state index in [-0.39, 0.29) is 6.04 Å². The molecule has 2 heterocycles. The fraction of sp³-hybridized carbons (Fsp3) is 0.316. The van der Waals surface area contributed by atoms with Crippen LogP contribution >= 0.6 is 11.6 Å². The van der Waals surface area contributed by atoms with Crippen LogP contribution in [0.2, 0.25) is 5.02 Å². The number of piperidine rings is 1. The van der Waals surface area contributed by atoms with Crippen LogP contribution in [0.1, 0.15) is 23.6 Å². The van der Waals surface area contributed by atoms with Gasteiger partial charge in [-0.2, -0.15) is 5.10 Å². The molecule has 5 heteroatoms. The average molecular weight is 342 g/mol. The molecular formula is C19H20ClN3O. The summed E-state index contributed by atoms with van der Waals surface area (Å²) in [6, 6.07) is 16.3. The molecule has 0 saturated carbocycles. The van der Waals surface area contributed by atoms with Crippen LogP contribution in [0.15, 0.2) is 53.6 Å². The minimum atomic E-state index is 0.229. The van der Waals surface area contributed by atoms with Crippen molar-refractivity contribution >= 4 is 17.3 Å². The zero-order valence-corrected chi connectivity index (χ0v) is 14.1. The van der Waals surface area contributed by atoms with Gasteiger partial charge in [-0.25, -0.2) is 0 Å². The summed E-state index contributed by atoms with van der Waals surface area (Å²) in [4.78, 5) is 0. The number of nitrogens with zero attached hydrogens (tertiary/aromatic N) is 1. The first-order chi connectivity index (χ1) is 11.8. The number of fused-ring (bicyclic) bond motifs is 1. The highest BCUT2D eigenvalue weighted by molar-refractivity contribution is 6.30. The molecule has 0 bridgehead atoms. The molecule has 24 heavy (non-hydrogen) atoms. The predicted molar refractivity (Wildman–Crippen MR) is 96.5 cm³/mol. The maximum absolute atomic E-state index is 5.94. The highest BCUT2D eigenvalue weighted by Gasteiger charge is 2.34. The van der Waals surface area contributed by atoms with Crippen LogP contribution in [0, 0.1) is 5.92 Å². The molecule has 2 aromatic carbocycles. The fourth-order valence-corrected chi connectivity index (χ4v) is 3.45. The van der Waals surface area contributed by atoms with Crippen molar-refractivity contribution < 1.29 is 4.74 Å². The number of rotatable bonds is 4. The second-order valence-electron chi connectivity index (χ2n) is 6.26. The minimum absolute atomic E-state index is 0.229. The van der Waals surface area contributed by atoms with E-state index < -0.39 is 0 Å². The number of hydrogen-bond donors (Lipinski definition) is 2. The molecule has 0 radical (unpaired) electrons. The molecule has 2 N–H and O–H groups in total. The summed E-state index contributed by atoms with van der Waals surface area (Å²) >= 11 is 5.91. The molecular weight excluding hydrogens is 322 g/mol. The van der Waals surface area contributed by atoms with Gasteiger partial charge < -0.3 is 15.5 Å². The fourth-order valence-electron chi connectivity index (χ4n) is 3.32. The summed E-state index contributed by atoms with van der Waals surface area (Å²) in [6.07, 6.45) is 1.03. The Labute approximate surface area is 146 Å². The number of hydrazone groups is 1. The molecule has 2 atom stereocenters. The van der Waals surface area contributed by atoms with Crippen LogP contribution in [-0.4, -0.2) is 18.8 Å². The van der Waals surface area contributed by atoms with Gasteiger partial charge in [0.25, 0.3) is 0 Å². The Hall–Kier alpha value is -2.04. The van der Waals surface area contributed by atoms with Crippen molar-refractivity contribution in [3.63, 3.8) is 0 Å². The Morgan fingerprint density at radius 2 is 2.04 bits per heavy atom. The molecule has 0 spiro atoms. The smallest absolute Gasteiger partial charge is 0.120 e. The number of ether oxygens (including phenoxy) is 1. The van der Waals surface area contributed by atoms with E-state index in [0.717, 1.165) is 35.8 Å². The number of nitrogens with one attached hydrogen (secondary N) is 2. The van der Waals surface area contributed by atoms with Gasteiger partial charge in [0.15, 0.2) is 0 Å². The van der Waals surface area contributed by atoms with E-state index in [0.29, 0.717) is 12.5 Å². The highest BCUT2D eigenvalue weighted by Crippen LogP contribution is 2.31. The number of halogens is 1. The van der Waals surface area contributed by atoms with E-state index >= 15 is 0 Å². The van der Waals surface area contributed by atoms with Gasteiger partial charge in [0, 0.05) is 36.2 Å². The van der Waals surface area contributed by atoms with Gasteiger partial charge >= 0.3 is 0 Å². The quantitative estimate of drug-likeness (QED) is 0.894. The molecule has 2 aromatic rings. The van der Waals surface area contributed by atoms with E-state index in [4.69, 9.17) is 16.3 Å². The summed E-state index contributed by atoms with van der Waals surface area (Å²) in [5, 5.41) is 8.72. The highest BCUT2D eigenvalue weighted by atomic mass is 35.5. The molecule has 0 aliphatic carbocycles. The lowest BCUT2D eigenvalue weighted by Gasteiger charge is -2.25. The van der Waals surface area contributed by atoms with Crippen LogP contribution < -0.4 is 15.5 Å². The molecule has 2 aliphatic rings. The third-order valence-corrected chi connectivity index (χ3v) is 4.89. The summed E-state index contributed by atoms with van der Waals surface area (Å²) in [5.41, 5.74) is 6.90. The van der Waals surface area contributed by atoms with Gasteiger partial charge in [-0.1, -0.05) is 35.9 Å². The first-order valence-electron chi connectivity index (χ1n) is 8.29. The normalized spacial score (nSPS) is 22.5. The monoisotopic (exact) mass is 341 g/mol. The van der Waals surface area contributed by atoms with Crippen molar-refractivity contribution in [3.8, 4) is 5.75 Å². The van der Waals surface area contributed by atoms with Gasteiger partial charge in [0.1, 0.15) is 12.4 Å². The predicted octanol–water partition coefficient (Wildman–Crippen LogP) is 3.53.